The summed E-state index contributed by atoms with van der Waals surface area (Å²) < 4.78 is 12.4. The van der Waals surface area contributed by atoms with Crippen molar-refractivity contribution in [3.8, 4) is 28.3 Å². The minimum atomic E-state index is -0.427. The molecule has 14 heteroatoms. The van der Waals surface area contributed by atoms with Gasteiger partial charge in [-0.1, -0.05) is 46.5 Å². The van der Waals surface area contributed by atoms with Gasteiger partial charge in [-0.2, -0.15) is 43.7 Å². The number of aliphatic hydroxyl groups excluding tert-OH is 1. The van der Waals surface area contributed by atoms with E-state index < -0.39 is 11.2 Å². The number of ether oxygens (including phenoxy) is 2. The van der Waals surface area contributed by atoms with Crippen LogP contribution in [0.25, 0.3) is 33.4 Å². The Bertz CT molecular complexity index is 1880. The molecule has 240 valence electrons. The van der Waals surface area contributed by atoms with Crippen LogP contribution in [0.5, 0.6) is 5.88 Å². The Labute approximate surface area is 297 Å². The average molecular weight is 744 g/mol. The molecule has 4 heterocycles. The fourth-order valence-corrected chi connectivity index (χ4v) is 4.79. The second kappa shape index (κ2) is 18.2. The van der Waals surface area contributed by atoms with Crippen molar-refractivity contribution in [2.75, 3.05) is 20.3 Å². The molecule has 1 aliphatic rings. The van der Waals surface area contributed by atoms with Crippen LogP contribution in [0.2, 0.25) is 10.0 Å². The largest absolute Gasteiger partial charge is 2.00 e. The molecule has 3 aromatic heterocycles. The van der Waals surface area contributed by atoms with Crippen LogP contribution in [0.3, 0.4) is 0 Å². The monoisotopic (exact) mass is 743 g/mol. The first-order chi connectivity index (χ1) is 21.1. The zero-order chi connectivity index (χ0) is 31.8. The molecular weight excluding hydrogens is 715 g/mol. The fraction of sp³-hybridized carbons (Fsp3) is 0.219. The van der Waals surface area contributed by atoms with Gasteiger partial charge in [-0.25, -0.2) is 4.79 Å². The molecule has 1 aliphatic heterocycles. The molecule has 1 saturated heterocycles. The normalized spacial score (nSPS) is 13.6. The number of hydrogen-bond acceptors (Lipinski definition) is 8. The molecule has 1 fully saturated rings. The van der Waals surface area contributed by atoms with Crippen molar-refractivity contribution in [3.63, 3.8) is 0 Å². The SMILES string of the molecule is Cn1c(=O)c2[c-]ncnc2n(C)c1=O.OC1[CH-]CCOC1.[CH2-]c1ccc(-c2cccc(-c3ccc[c-]c3Cl)c2Cl)nc1OC.[Mn+2].[Mn+2]. The van der Waals surface area contributed by atoms with E-state index in [0.29, 0.717) is 28.2 Å². The topological polar surface area (TPSA) is 121 Å². The van der Waals surface area contributed by atoms with Crippen molar-refractivity contribution in [2.45, 2.75) is 12.5 Å². The molecule has 5 aromatic rings. The number of methoxy groups -OCH3 is 1. The Morgan fingerprint density at radius 3 is 2.41 bits per heavy atom. The Morgan fingerprint density at radius 1 is 1.07 bits per heavy atom. The number of pyridine rings is 1. The van der Waals surface area contributed by atoms with Gasteiger partial charge < -0.3 is 38.5 Å². The molecular formula is C32H29Cl2Mn2N5O5. The number of aliphatic hydroxyl groups is 1. The van der Waals surface area contributed by atoms with Crippen LogP contribution in [0.15, 0.2) is 64.4 Å². The van der Waals surface area contributed by atoms with Crippen molar-refractivity contribution in [1.29, 1.82) is 0 Å². The molecule has 2 radical (unpaired) electrons. The van der Waals surface area contributed by atoms with Gasteiger partial charge in [-0.05, 0) is 17.7 Å². The van der Waals surface area contributed by atoms with E-state index in [-0.39, 0.29) is 45.6 Å². The molecule has 1 atom stereocenters. The van der Waals surface area contributed by atoms with E-state index >= 15 is 0 Å². The zero-order valence-corrected chi connectivity index (χ0v) is 28.9. The van der Waals surface area contributed by atoms with Gasteiger partial charge in [0.25, 0.3) is 0 Å². The minimum absolute atomic E-state index is 0. The molecule has 10 nitrogen and oxygen atoms in total. The third kappa shape index (κ3) is 9.21. The summed E-state index contributed by atoms with van der Waals surface area (Å²) in [6.45, 7) is 5.14. The molecule has 1 N–H and O–H groups in total. The van der Waals surface area contributed by atoms with Crippen LogP contribution in [-0.4, -0.2) is 55.6 Å². The van der Waals surface area contributed by atoms with Gasteiger partial charge in [0, 0.05) is 49.9 Å². The Balaban J connectivity index is 0.000000272. The summed E-state index contributed by atoms with van der Waals surface area (Å²) in [6, 6.07) is 18.0. The predicted octanol–water partition coefficient (Wildman–Crippen LogP) is 4.51. The van der Waals surface area contributed by atoms with Crippen LogP contribution in [0, 0.1) is 25.6 Å². The summed E-state index contributed by atoms with van der Waals surface area (Å²) in [6.07, 6.45) is 6.22. The number of rotatable bonds is 3. The molecule has 0 saturated carbocycles. The quantitative estimate of drug-likeness (QED) is 0.212. The van der Waals surface area contributed by atoms with Crippen LogP contribution < -0.4 is 16.0 Å². The van der Waals surface area contributed by atoms with Crippen molar-refractivity contribution in [2.24, 2.45) is 14.1 Å². The number of aromatic nitrogens is 5. The average Bonchev–Trinajstić information content (AvgIpc) is 3.04. The smallest absolute Gasteiger partial charge is 0.537 e. The number of fused-ring (bicyclic) bond motifs is 1. The zero-order valence-electron chi connectivity index (χ0n) is 25.0. The standard InChI is InChI=1S/C19H13Cl2NO.C8H7N4O2.C5H9O2.2Mn/c1-12-10-11-17(22-19(12)23-2)15-8-5-7-14(18(15)21)13-6-3-4-9-16(13)20;1-11-6-5(3-9-4-10-6)7(13)12(2)8(11)14;6-5-2-1-3-7-4-5;;/h3-8,10-11H,1H2,2H3;4H,1-2H3;2,5-6H,1,3-4H2;;/q-2;2*-1;2*+2. The van der Waals surface area contributed by atoms with Crippen LogP contribution >= 0.6 is 23.2 Å². The summed E-state index contributed by atoms with van der Waals surface area (Å²) in [5.41, 5.74) is 3.39. The molecule has 0 amide bonds. The van der Waals surface area contributed by atoms with Crippen LogP contribution in [0.4, 0.5) is 0 Å². The van der Waals surface area contributed by atoms with E-state index in [9.17, 15) is 9.59 Å². The molecule has 0 spiro atoms. The number of halogens is 2. The maximum atomic E-state index is 11.5. The second-order valence-corrected chi connectivity index (χ2v) is 10.2. The van der Waals surface area contributed by atoms with Gasteiger partial charge in [-0.15, -0.1) is 22.7 Å². The van der Waals surface area contributed by atoms with E-state index in [0.717, 1.165) is 45.5 Å². The summed E-state index contributed by atoms with van der Waals surface area (Å²) in [4.78, 5) is 34.9. The first kappa shape index (κ1) is 39.0. The summed E-state index contributed by atoms with van der Waals surface area (Å²) in [5.74, 6) is 0.482. The number of aryl methyl sites for hydroxylation is 1. The molecule has 46 heavy (non-hydrogen) atoms. The predicted molar refractivity (Wildman–Crippen MR) is 170 cm³/mol. The first-order valence-corrected chi connectivity index (χ1v) is 14.1. The van der Waals surface area contributed by atoms with Crippen molar-refractivity contribution >= 4 is 34.2 Å². The third-order valence-electron chi connectivity index (χ3n) is 6.54. The van der Waals surface area contributed by atoms with E-state index in [2.05, 4.69) is 34.1 Å². The van der Waals surface area contributed by atoms with Gasteiger partial charge >= 0.3 is 39.8 Å². The molecule has 2 aromatic carbocycles. The van der Waals surface area contributed by atoms with Gasteiger partial charge in [-0.3, -0.25) is 11.4 Å². The molecule has 6 rings (SSSR count). The van der Waals surface area contributed by atoms with E-state index in [1.54, 1.807) is 20.2 Å². The van der Waals surface area contributed by atoms with E-state index in [4.69, 9.17) is 37.8 Å². The summed E-state index contributed by atoms with van der Waals surface area (Å²) in [7, 11) is 4.52. The summed E-state index contributed by atoms with van der Waals surface area (Å²) in [5, 5.41) is 10.1. The van der Waals surface area contributed by atoms with Gasteiger partial charge in [0.15, 0.2) is 5.56 Å². The van der Waals surface area contributed by atoms with Crippen molar-refractivity contribution in [1.82, 2.24) is 24.1 Å². The van der Waals surface area contributed by atoms with Crippen molar-refractivity contribution in [3.05, 3.63) is 117 Å². The fourth-order valence-electron chi connectivity index (χ4n) is 4.23. The maximum absolute atomic E-state index is 11.5. The number of hydrogen-bond donors (Lipinski definition) is 1. The number of benzene rings is 2. The number of nitrogens with zero attached hydrogens (tertiary/aromatic N) is 5. The van der Waals surface area contributed by atoms with Gasteiger partial charge in [0.1, 0.15) is 5.88 Å². The van der Waals surface area contributed by atoms with Crippen LogP contribution in [-0.2, 0) is 53.0 Å². The molecule has 1 unspecified atom stereocenters. The Hall–Kier alpha value is -3.18. The Morgan fingerprint density at radius 2 is 1.78 bits per heavy atom. The van der Waals surface area contributed by atoms with E-state index in [1.807, 2.05) is 48.9 Å². The minimum Gasteiger partial charge on any atom is -0.537 e. The van der Waals surface area contributed by atoms with Crippen molar-refractivity contribution < 1.29 is 48.7 Å². The van der Waals surface area contributed by atoms with E-state index in [1.165, 1.54) is 17.9 Å². The van der Waals surface area contributed by atoms with Crippen LogP contribution in [0.1, 0.15) is 12.0 Å². The second-order valence-electron chi connectivity index (χ2n) is 9.49. The Kier molecular flexibility index (Phi) is 15.5. The van der Waals surface area contributed by atoms with Gasteiger partial charge in [0.05, 0.1) is 12.8 Å². The molecule has 0 aliphatic carbocycles. The summed E-state index contributed by atoms with van der Waals surface area (Å²) >= 11 is 12.9. The third-order valence-corrected chi connectivity index (χ3v) is 7.26. The molecule has 0 bridgehead atoms. The maximum Gasteiger partial charge on any atom is 2.00 e. The first-order valence-electron chi connectivity index (χ1n) is 13.3. The van der Waals surface area contributed by atoms with Gasteiger partial charge in [0.2, 0.25) is 0 Å².